The van der Waals surface area contributed by atoms with Gasteiger partial charge in [0.05, 0.1) is 12.6 Å². The Hall–Kier alpha value is -1.55. The summed E-state index contributed by atoms with van der Waals surface area (Å²) in [6.45, 7) is 2.99. The molecule has 0 radical (unpaired) electrons. The molecule has 4 nitrogen and oxygen atoms in total. The minimum Gasteiger partial charge on any atom is -0.497 e. The van der Waals surface area contributed by atoms with Gasteiger partial charge in [0.2, 0.25) is 5.91 Å². The van der Waals surface area contributed by atoms with E-state index in [0.29, 0.717) is 0 Å². The SMILES string of the molecule is CCC1(C(=O)N(C)c2ccc(OC)cc2)CCCN1. The summed E-state index contributed by atoms with van der Waals surface area (Å²) >= 11 is 0. The van der Waals surface area contributed by atoms with E-state index in [1.165, 1.54) is 0 Å². The number of carbonyl (C=O) groups excluding carboxylic acids is 1. The van der Waals surface area contributed by atoms with Gasteiger partial charge in [0, 0.05) is 12.7 Å². The lowest BCUT2D eigenvalue weighted by Gasteiger charge is -2.31. The molecular formula is C15H22N2O2. The van der Waals surface area contributed by atoms with Crippen LogP contribution in [0, 0.1) is 0 Å². The molecule has 0 saturated carbocycles. The topological polar surface area (TPSA) is 41.6 Å². The van der Waals surface area contributed by atoms with Gasteiger partial charge in [-0.25, -0.2) is 0 Å². The number of ether oxygens (including phenoxy) is 1. The number of rotatable bonds is 4. The number of hydrogen-bond donors (Lipinski definition) is 1. The van der Waals surface area contributed by atoms with E-state index in [0.717, 1.165) is 37.2 Å². The third kappa shape index (κ3) is 2.59. The second-order valence-electron chi connectivity index (χ2n) is 5.03. The first-order valence-electron chi connectivity index (χ1n) is 6.80. The zero-order valence-electron chi connectivity index (χ0n) is 11.9. The molecule has 0 aliphatic carbocycles. The van der Waals surface area contributed by atoms with Crippen molar-refractivity contribution < 1.29 is 9.53 Å². The van der Waals surface area contributed by atoms with Crippen LogP contribution in [0.5, 0.6) is 5.75 Å². The Bertz CT molecular complexity index is 436. The quantitative estimate of drug-likeness (QED) is 0.904. The lowest BCUT2D eigenvalue weighted by molar-refractivity contribution is -0.124. The first kappa shape index (κ1) is 13.9. The van der Waals surface area contributed by atoms with Crippen LogP contribution in [0.15, 0.2) is 24.3 Å². The summed E-state index contributed by atoms with van der Waals surface area (Å²) in [7, 11) is 3.47. The van der Waals surface area contributed by atoms with E-state index in [9.17, 15) is 4.79 Å². The molecule has 0 aromatic heterocycles. The molecule has 1 atom stereocenters. The van der Waals surface area contributed by atoms with Gasteiger partial charge in [-0.05, 0) is 50.1 Å². The maximum absolute atomic E-state index is 12.7. The average molecular weight is 262 g/mol. The Morgan fingerprint density at radius 3 is 2.58 bits per heavy atom. The molecule has 1 aromatic rings. The van der Waals surface area contributed by atoms with Gasteiger partial charge < -0.3 is 15.0 Å². The number of methoxy groups -OCH3 is 1. The van der Waals surface area contributed by atoms with Gasteiger partial charge in [0.15, 0.2) is 0 Å². The number of carbonyl (C=O) groups is 1. The van der Waals surface area contributed by atoms with E-state index in [1.807, 2.05) is 31.3 Å². The monoisotopic (exact) mass is 262 g/mol. The van der Waals surface area contributed by atoms with Gasteiger partial charge in [0.1, 0.15) is 5.75 Å². The van der Waals surface area contributed by atoms with Crippen LogP contribution in [0.3, 0.4) is 0 Å². The minimum atomic E-state index is -0.380. The smallest absolute Gasteiger partial charge is 0.247 e. The third-order valence-corrected chi connectivity index (χ3v) is 4.02. The molecule has 19 heavy (non-hydrogen) atoms. The van der Waals surface area contributed by atoms with Crippen LogP contribution in [-0.4, -0.2) is 32.1 Å². The molecule has 1 fully saturated rings. The van der Waals surface area contributed by atoms with Crippen LogP contribution in [-0.2, 0) is 4.79 Å². The zero-order chi connectivity index (χ0) is 13.9. The highest BCUT2D eigenvalue weighted by atomic mass is 16.5. The van der Waals surface area contributed by atoms with Crippen LogP contribution in [0.1, 0.15) is 26.2 Å². The van der Waals surface area contributed by atoms with Crippen molar-refractivity contribution in [3.05, 3.63) is 24.3 Å². The molecule has 4 heteroatoms. The van der Waals surface area contributed by atoms with E-state index in [1.54, 1.807) is 12.0 Å². The molecule has 1 aliphatic heterocycles. The van der Waals surface area contributed by atoms with Gasteiger partial charge in [0.25, 0.3) is 0 Å². The zero-order valence-corrected chi connectivity index (χ0v) is 11.9. The molecule has 1 unspecified atom stereocenters. The molecule has 1 aliphatic rings. The maximum atomic E-state index is 12.7. The van der Waals surface area contributed by atoms with Crippen molar-refractivity contribution >= 4 is 11.6 Å². The second-order valence-corrected chi connectivity index (χ2v) is 5.03. The molecule has 1 heterocycles. The van der Waals surface area contributed by atoms with Crippen molar-refractivity contribution in [1.29, 1.82) is 0 Å². The number of amides is 1. The molecule has 1 saturated heterocycles. The molecule has 0 spiro atoms. The van der Waals surface area contributed by atoms with E-state index < -0.39 is 0 Å². The van der Waals surface area contributed by atoms with E-state index in [2.05, 4.69) is 12.2 Å². The molecule has 0 bridgehead atoms. The molecular weight excluding hydrogens is 240 g/mol. The molecule has 1 N–H and O–H groups in total. The van der Waals surface area contributed by atoms with Crippen LogP contribution in [0.25, 0.3) is 0 Å². The normalized spacial score (nSPS) is 22.3. The summed E-state index contributed by atoms with van der Waals surface area (Å²) < 4.78 is 5.13. The highest BCUT2D eigenvalue weighted by Crippen LogP contribution is 2.28. The lowest BCUT2D eigenvalue weighted by atomic mass is 9.92. The Morgan fingerprint density at radius 1 is 1.42 bits per heavy atom. The number of anilines is 1. The largest absolute Gasteiger partial charge is 0.497 e. The molecule has 1 amide bonds. The fourth-order valence-electron chi connectivity index (χ4n) is 2.69. The lowest BCUT2D eigenvalue weighted by Crippen LogP contribution is -2.53. The number of nitrogens with zero attached hydrogens (tertiary/aromatic N) is 1. The van der Waals surface area contributed by atoms with E-state index in [4.69, 9.17) is 4.74 Å². The summed E-state index contributed by atoms with van der Waals surface area (Å²) in [5.41, 5.74) is 0.515. The van der Waals surface area contributed by atoms with Crippen LogP contribution in [0.2, 0.25) is 0 Å². The van der Waals surface area contributed by atoms with Gasteiger partial charge in [-0.15, -0.1) is 0 Å². The molecule has 1 aromatic carbocycles. The Morgan fingerprint density at radius 2 is 2.11 bits per heavy atom. The number of nitrogens with one attached hydrogen (secondary N) is 1. The highest BCUT2D eigenvalue weighted by molar-refractivity contribution is 6.00. The average Bonchev–Trinajstić information content (AvgIpc) is 2.96. The Labute approximate surface area is 114 Å². The van der Waals surface area contributed by atoms with E-state index in [-0.39, 0.29) is 11.4 Å². The van der Waals surface area contributed by atoms with Crippen LogP contribution in [0.4, 0.5) is 5.69 Å². The summed E-state index contributed by atoms with van der Waals surface area (Å²) in [5.74, 6) is 0.950. The predicted octanol–water partition coefficient (Wildman–Crippen LogP) is 2.19. The minimum absolute atomic E-state index is 0.151. The first-order valence-corrected chi connectivity index (χ1v) is 6.80. The van der Waals surface area contributed by atoms with Gasteiger partial charge >= 0.3 is 0 Å². The summed E-state index contributed by atoms with van der Waals surface area (Å²) in [5, 5.41) is 3.38. The van der Waals surface area contributed by atoms with Crippen molar-refractivity contribution in [3.8, 4) is 5.75 Å². The Balaban J connectivity index is 2.17. The van der Waals surface area contributed by atoms with Gasteiger partial charge in [-0.1, -0.05) is 6.92 Å². The van der Waals surface area contributed by atoms with Crippen molar-refractivity contribution in [2.75, 3.05) is 25.6 Å². The first-order chi connectivity index (χ1) is 9.13. The van der Waals surface area contributed by atoms with Crippen LogP contribution >= 0.6 is 0 Å². The van der Waals surface area contributed by atoms with E-state index >= 15 is 0 Å². The van der Waals surface area contributed by atoms with Crippen molar-refractivity contribution in [2.24, 2.45) is 0 Å². The fourth-order valence-corrected chi connectivity index (χ4v) is 2.69. The second kappa shape index (κ2) is 5.61. The fraction of sp³-hybridized carbons (Fsp3) is 0.533. The number of likely N-dealkylation sites (N-methyl/N-ethyl adjacent to an activating group) is 1. The van der Waals surface area contributed by atoms with Crippen molar-refractivity contribution in [2.45, 2.75) is 31.7 Å². The number of hydrogen-bond acceptors (Lipinski definition) is 3. The molecule has 104 valence electrons. The maximum Gasteiger partial charge on any atom is 0.247 e. The summed E-state index contributed by atoms with van der Waals surface area (Å²) in [6, 6.07) is 7.57. The standard InChI is InChI=1S/C15H22N2O2/c1-4-15(10-5-11-16-15)14(18)17(2)12-6-8-13(19-3)9-7-12/h6-9,16H,4-5,10-11H2,1-3H3. The van der Waals surface area contributed by atoms with Gasteiger partial charge in [-0.3, -0.25) is 4.79 Å². The van der Waals surface area contributed by atoms with Crippen LogP contribution < -0.4 is 15.0 Å². The van der Waals surface area contributed by atoms with Crippen molar-refractivity contribution in [3.63, 3.8) is 0 Å². The number of benzene rings is 1. The predicted molar refractivity (Wildman–Crippen MR) is 76.7 cm³/mol. The molecule has 2 rings (SSSR count). The summed E-state index contributed by atoms with van der Waals surface area (Å²) in [6.07, 6.45) is 2.81. The Kier molecular flexibility index (Phi) is 4.10. The van der Waals surface area contributed by atoms with Gasteiger partial charge in [-0.2, -0.15) is 0 Å². The third-order valence-electron chi connectivity index (χ3n) is 4.02. The summed E-state index contributed by atoms with van der Waals surface area (Å²) in [4.78, 5) is 14.4. The highest BCUT2D eigenvalue weighted by Gasteiger charge is 2.41. The van der Waals surface area contributed by atoms with Crippen molar-refractivity contribution in [1.82, 2.24) is 5.32 Å².